The topological polar surface area (TPSA) is 9.23 Å². The molecule has 0 heterocycles. The Morgan fingerprint density at radius 1 is 1.19 bits per heavy atom. The van der Waals surface area contributed by atoms with Crippen LogP contribution in [0.4, 0.5) is 4.39 Å². The molecule has 0 aliphatic rings. The van der Waals surface area contributed by atoms with E-state index in [4.69, 9.17) is 4.74 Å². The van der Waals surface area contributed by atoms with E-state index in [-0.39, 0.29) is 5.82 Å². The number of hydrogen-bond donors (Lipinski definition) is 1. The molecule has 1 nitrogen and oxygen atoms in total. The lowest BCUT2D eigenvalue weighted by molar-refractivity contribution is 0.290. The van der Waals surface area contributed by atoms with Gasteiger partial charge in [0, 0.05) is 4.47 Å². The Hall–Kier alpha value is -0.220. The van der Waals surface area contributed by atoms with Crippen molar-refractivity contribution in [3.8, 4) is 5.75 Å². The third kappa shape index (κ3) is 5.21. The van der Waals surface area contributed by atoms with E-state index in [9.17, 15) is 4.39 Å². The molecule has 4 heteroatoms. The predicted octanol–water partition coefficient (Wildman–Crippen LogP) is 4.46. The zero-order valence-electron chi connectivity index (χ0n) is 9.09. The molecule has 0 N–H and O–H groups in total. The van der Waals surface area contributed by atoms with Crippen molar-refractivity contribution >= 4 is 28.6 Å². The van der Waals surface area contributed by atoms with Gasteiger partial charge >= 0.3 is 0 Å². The highest BCUT2D eigenvalue weighted by Crippen LogP contribution is 2.22. The summed E-state index contributed by atoms with van der Waals surface area (Å²) in [6.45, 7) is 0.569. The molecule has 0 saturated carbocycles. The van der Waals surface area contributed by atoms with Crippen LogP contribution in [0.1, 0.15) is 25.7 Å². The third-order valence-corrected chi connectivity index (χ3v) is 3.01. The average Bonchev–Trinajstić information content (AvgIpc) is 2.28. The van der Waals surface area contributed by atoms with Crippen LogP contribution in [0, 0.1) is 5.82 Å². The summed E-state index contributed by atoms with van der Waals surface area (Å²) in [4.78, 5) is 0. The number of benzene rings is 1. The summed E-state index contributed by atoms with van der Waals surface area (Å²) in [5, 5.41) is 0. The van der Waals surface area contributed by atoms with Crippen LogP contribution >= 0.6 is 28.6 Å². The van der Waals surface area contributed by atoms with E-state index in [0.29, 0.717) is 12.4 Å². The van der Waals surface area contributed by atoms with E-state index < -0.39 is 0 Å². The van der Waals surface area contributed by atoms with Crippen LogP contribution in [-0.2, 0) is 0 Å². The average molecular weight is 307 g/mol. The van der Waals surface area contributed by atoms with Crippen molar-refractivity contribution in [2.75, 3.05) is 12.4 Å². The molecular formula is C12H16BrFOS. The Bertz CT molecular complexity index is 320. The van der Waals surface area contributed by atoms with Crippen molar-refractivity contribution < 1.29 is 9.13 Å². The first-order valence-electron chi connectivity index (χ1n) is 5.43. The zero-order valence-corrected chi connectivity index (χ0v) is 11.6. The number of hydrogen-bond acceptors (Lipinski definition) is 2. The van der Waals surface area contributed by atoms with Gasteiger partial charge in [-0.2, -0.15) is 12.6 Å². The molecule has 0 radical (unpaired) electrons. The fourth-order valence-corrected chi connectivity index (χ4v) is 1.90. The van der Waals surface area contributed by atoms with Crippen LogP contribution < -0.4 is 4.74 Å². The molecular weight excluding hydrogens is 291 g/mol. The Morgan fingerprint density at radius 2 is 1.94 bits per heavy atom. The van der Waals surface area contributed by atoms with E-state index in [2.05, 4.69) is 28.6 Å². The van der Waals surface area contributed by atoms with E-state index >= 15 is 0 Å². The van der Waals surface area contributed by atoms with E-state index in [1.165, 1.54) is 6.07 Å². The van der Waals surface area contributed by atoms with Crippen molar-refractivity contribution in [2.24, 2.45) is 0 Å². The van der Waals surface area contributed by atoms with Crippen LogP contribution in [0.5, 0.6) is 5.75 Å². The highest BCUT2D eigenvalue weighted by molar-refractivity contribution is 9.10. The van der Waals surface area contributed by atoms with Crippen molar-refractivity contribution in [3.63, 3.8) is 0 Å². The van der Waals surface area contributed by atoms with Crippen LogP contribution in [-0.4, -0.2) is 12.4 Å². The van der Waals surface area contributed by atoms with Crippen molar-refractivity contribution in [1.82, 2.24) is 0 Å². The normalized spacial score (nSPS) is 10.4. The number of unbranched alkanes of at least 4 members (excludes halogenated alkanes) is 3. The molecule has 0 saturated heterocycles. The largest absolute Gasteiger partial charge is 0.490 e. The standard InChI is InChI=1S/C12H16BrFOS/c13-10-5-6-11(14)12(9-10)15-7-3-1-2-4-8-16/h5-6,9,16H,1-4,7-8H2. The second-order valence-electron chi connectivity index (χ2n) is 3.56. The molecule has 0 aromatic heterocycles. The Labute approximate surface area is 110 Å². The molecule has 0 bridgehead atoms. The molecule has 90 valence electrons. The van der Waals surface area contributed by atoms with Crippen molar-refractivity contribution in [1.29, 1.82) is 0 Å². The molecule has 0 unspecified atom stereocenters. The molecule has 0 aliphatic carbocycles. The van der Waals surface area contributed by atoms with Gasteiger partial charge in [0.2, 0.25) is 0 Å². The van der Waals surface area contributed by atoms with Crippen molar-refractivity contribution in [3.05, 3.63) is 28.5 Å². The first kappa shape index (κ1) is 13.8. The van der Waals surface area contributed by atoms with Gasteiger partial charge in [-0.05, 0) is 36.8 Å². The minimum absolute atomic E-state index is 0.307. The van der Waals surface area contributed by atoms with Crippen LogP contribution in [0.25, 0.3) is 0 Å². The maximum Gasteiger partial charge on any atom is 0.165 e. The molecule has 1 aromatic carbocycles. The second kappa shape index (κ2) is 7.96. The molecule has 0 aliphatic heterocycles. The number of halogens is 2. The molecule has 0 amide bonds. The summed E-state index contributed by atoms with van der Waals surface area (Å²) in [5.74, 6) is 0.948. The van der Waals surface area contributed by atoms with Gasteiger partial charge < -0.3 is 4.74 Å². The minimum atomic E-state index is -0.307. The van der Waals surface area contributed by atoms with E-state index in [0.717, 1.165) is 35.9 Å². The number of thiol groups is 1. The van der Waals surface area contributed by atoms with Gasteiger partial charge in [0.25, 0.3) is 0 Å². The molecule has 0 spiro atoms. The quantitative estimate of drug-likeness (QED) is 0.578. The second-order valence-corrected chi connectivity index (χ2v) is 4.92. The van der Waals surface area contributed by atoms with Gasteiger partial charge in [0.05, 0.1) is 6.61 Å². The predicted molar refractivity (Wildman–Crippen MR) is 71.9 cm³/mol. The van der Waals surface area contributed by atoms with Gasteiger partial charge in [-0.15, -0.1) is 0 Å². The smallest absolute Gasteiger partial charge is 0.165 e. The van der Waals surface area contributed by atoms with Crippen LogP contribution in [0.15, 0.2) is 22.7 Å². The van der Waals surface area contributed by atoms with Crippen LogP contribution in [0.3, 0.4) is 0 Å². The summed E-state index contributed by atoms with van der Waals surface area (Å²) in [7, 11) is 0. The fourth-order valence-electron chi connectivity index (χ4n) is 1.34. The lowest BCUT2D eigenvalue weighted by Gasteiger charge is -2.07. The third-order valence-electron chi connectivity index (χ3n) is 2.20. The first-order valence-corrected chi connectivity index (χ1v) is 6.85. The molecule has 1 aromatic rings. The van der Waals surface area contributed by atoms with Gasteiger partial charge in [-0.3, -0.25) is 0 Å². The number of rotatable bonds is 7. The van der Waals surface area contributed by atoms with Crippen molar-refractivity contribution in [2.45, 2.75) is 25.7 Å². The number of ether oxygens (including phenoxy) is 1. The highest BCUT2D eigenvalue weighted by Gasteiger charge is 2.03. The van der Waals surface area contributed by atoms with Gasteiger partial charge in [0.15, 0.2) is 11.6 Å². The van der Waals surface area contributed by atoms with Gasteiger partial charge in [-0.25, -0.2) is 4.39 Å². The molecule has 16 heavy (non-hydrogen) atoms. The van der Waals surface area contributed by atoms with Gasteiger partial charge in [0.1, 0.15) is 0 Å². The Balaban J connectivity index is 2.23. The van der Waals surface area contributed by atoms with Crippen LogP contribution in [0.2, 0.25) is 0 Å². The lowest BCUT2D eigenvalue weighted by atomic mass is 10.2. The molecule has 1 rings (SSSR count). The SMILES string of the molecule is Fc1ccc(Br)cc1OCCCCCCS. The maximum atomic E-state index is 13.2. The summed E-state index contributed by atoms with van der Waals surface area (Å²) in [5.41, 5.74) is 0. The summed E-state index contributed by atoms with van der Waals surface area (Å²) in [6, 6.07) is 4.72. The van der Waals surface area contributed by atoms with Gasteiger partial charge in [-0.1, -0.05) is 28.8 Å². The monoisotopic (exact) mass is 306 g/mol. The van der Waals surface area contributed by atoms with E-state index in [1.54, 1.807) is 12.1 Å². The molecule has 0 atom stereocenters. The minimum Gasteiger partial charge on any atom is -0.490 e. The first-order chi connectivity index (χ1) is 7.74. The molecule has 0 fully saturated rings. The summed E-state index contributed by atoms with van der Waals surface area (Å²) < 4.78 is 19.4. The summed E-state index contributed by atoms with van der Waals surface area (Å²) >= 11 is 7.43. The zero-order chi connectivity index (χ0) is 11.8. The maximum absolute atomic E-state index is 13.2. The fraction of sp³-hybridized carbons (Fsp3) is 0.500. The highest BCUT2D eigenvalue weighted by atomic mass is 79.9. The van der Waals surface area contributed by atoms with E-state index in [1.807, 2.05) is 0 Å². The Kier molecular flexibility index (Phi) is 6.88. The lowest BCUT2D eigenvalue weighted by Crippen LogP contribution is -1.99. The Morgan fingerprint density at radius 3 is 2.69 bits per heavy atom. The summed E-state index contributed by atoms with van der Waals surface area (Å²) in [6.07, 6.45) is 4.36.